The van der Waals surface area contributed by atoms with E-state index in [0.29, 0.717) is 17.2 Å². The number of rotatable bonds is 4. The van der Waals surface area contributed by atoms with E-state index in [2.05, 4.69) is 0 Å². The summed E-state index contributed by atoms with van der Waals surface area (Å²) in [6.07, 6.45) is 0.387. The second-order valence-corrected chi connectivity index (χ2v) is 4.56. The quantitative estimate of drug-likeness (QED) is 0.810. The van der Waals surface area contributed by atoms with Crippen molar-refractivity contribution in [2.24, 2.45) is 0 Å². The minimum Gasteiger partial charge on any atom is -0.457 e. The van der Waals surface area contributed by atoms with Gasteiger partial charge in [-0.1, -0.05) is 24.3 Å². The van der Waals surface area contributed by atoms with Crippen molar-refractivity contribution in [2.75, 3.05) is 0 Å². The minimum absolute atomic E-state index is 0.193. The summed E-state index contributed by atoms with van der Waals surface area (Å²) in [6.45, 7) is 0. The Morgan fingerprint density at radius 2 is 1.38 bits per heavy atom. The van der Waals surface area contributed by atoms with Crippen LogP contribution >= 0.6 is 0 Å². The molecule has 0 aromatic heterocycles. The molecule has 1 saturated heterocycles. The first-order chi connectivity index (χ1) is 10.2. The van der Waals surface area contributed by atoms with Gasteiger partial charge < -0.3 is 9.57 Å². The molecule has 2 aromatic rings. The van der Waals surface area contributed by atoms with Crippen molar-refractivity contribution in [2.45, 2.75) is 12.8 Å². The highest BCUT2D eigenvalue weighted by Gasteiger charge is 2.31. The fourth-order valence-electron chi connectivity index (χ4n) is 1.98. The molecule has 5 nitrogen and oxygen atoms in total. The third kappa shape index (κ3) is 3.02. The number of amides is 2. The van der Waals surface area contributed by atoms with Gasteiger partial charge >= 0.3 is 0 Å². The molecule has 0 saturated carbocycles. The summed E-state index contributed by atoms with van der Waals surface area (Å²) in [5.41, 5.74) is 0. The molecule has 2 aromatic carbocycles. The number of hydroxylamine groups is 2. The molecule has 0 unspecified atom stereocenters. The number of nitrogens with zero attached hydrogens (tertiary/aromatic N) is 1. The second-order valence-electron chi connectivity index (χ2n) is 4.56. The van der Waals surface area contributed by atoms with E-state index in [1.165, 1.54) is 0 Å². The van der Waals surface area contributed by atoms with Crippen LogP contribution in [0.5, 0.6) is 17.2 Å². The maximum Gasteiger partial charge on any atom is 0.263 e. The molecule has 0 bridgehead atoms. The van der Waals surface area contributed by atoms with Crippen LogP contribution in [-0.2, 0) is 9.59 Å². The maximum atomic E-state index is 11.5. The zero-order valence-electron chi connectivity index (χ0n) is 11.2. The number of para-hydroxylation sites is 1. The lowest BCUT2D eigenvalue weighted by Gasteiger charge is -2.15. The molecular weight excluding hydrogens is 270 g/mol. The topological polar surface area (TPSA) is 55.8 Å². The molecule has 0 spiro atoms. The highest BCUT2D eigenvalue weighted by Crippen LogP contribution is 2.26. The average molecular weight is 283 g/mol. The Labute approximate surface area is 121 Å². The van der Waals surface area contributed by atoms with Crippen LogP contribution in [0.1, 0.15) is 12.8 Å². The first kappa shape index (κ1) is 13.2. The number of imide groups is 1. The predicted molar refractivity (Wildman–Crippen MR) is 74.7 cm³/mol. The molecule has 0 aliphatic carbocycles. The summed E-state index contributed by atoms with van der Waals surface area (Å²) in [5, 5.41) is 0.807. The number of benzene rings is 2. The fraction of sp³-hybridized carbons (Fsp3) is 0.125. The van der Waals surface area contributed by atoms with Crippen LogP contribution in [0.2, 0.25) is 0 Å². The van der Waals surface area contributed by atoms with E-state index in [1.807, 2.05) is 30.3 Å². The van der Waals surface area contributed by atoms with Crippen LogP contribution in [0, 0.1) is 0 Å². The highest BCUT2D eigenvalue weighted by molar-refractivity contribution is 6.00. The molecule has 0 atom stereocenters. The highest BCUT2D eigenvalue weighted by atomic mass is 16.7. The Morgan fingerprint density at radius 1 is 0.762 bits per heavy atom. The van der Waals surface area contributed by atoms with Gasteiger partial charge in [0.2, 0.25) is 0 Å². The van der Waals surface area contributed by atoms with E-state index >= 15 is 0 Å². The van der Waals surface area contributed by atoms with Crippen LogP contribution in [-0.4, -0.2) is 16.9 Å². The molecule has 3 rings (SSSR count). The van der Waals surface area contributed by atoms with Crippen molar-refractivity contribution in [1.82, 2.24) is 5.06 Å². The summed E-state index contributed by atoms with van der Waals surface area (Å²) in [5.74, 6) is 0.997. The fourth-order valence-corrected chi connectivity index (χ4v) is 1.98. The maximum absolute atomic E-state index is 11.5. The van der Waals surface area contributed by atoms with Gasteiger partial charge in [0, 0.05) is 18.9 Å². The zero-order chi connectivity index (χ0) is 14.7. The number of carbonyl (C=O) groups is 2. The molecule has 0 N–H and O–H groups in total. The van der Waals surface area contributed by atoms with Crippen molar-refractivity contribution in [1.29, 1.82) is 0 Å². The first-order valence-corrected chi connectivity index (χ1v) is 6.59. The monoisotopic (exact) mass is 283 g/mol. The smallest absolute Gasteiger partial charge is 0.263 e. The average Bonchev–Trinajstić information content (AvgIpc) is 2.81. The molecule has 1 aliphatic heterocycles. The summed E-state index contributed by atoms with van der Waals surface area (Å²) in [4.78, 5) is 28.4. The summed E-state index contributed by atoms with van der Waals surface area (Å²) in [7, 11) is 0. The number of ether oxygens (including phenoxy) is 1. The molecule has 2 amide bonds. The standard InChI is InChI=1S/C16H13NO4/c18-15-9-10-16(19)17(15)21-14-8-4-7-13(11-14)20-12-5-2-1-3-6-12/h1-8,11H,9-10H2. The van der Waals surface area contributed by atoms with E-state index in [9.17, 15) is 9.59 Å². The molecule has 21 heavy (non-hydrogen) atoms. The zero-order valence-corrected chi connectivity index (χ0v) is 11.2. The van der Waals surface area contributed by atoms with Gasteiger partial charge in [-0.15, -0.1) is 5.06 Å². The molecule has 1 fully saturated rings. The van der Waals surface area contributed by atoms with Gasteiger partial charge in [0.15, 0.2) is 5.75 Å². The van der Waals surface area contributed by atoms with Crippen molar-refractivity contribution in [3.05, 3.63) is 54.6 Å². The van der Waals surface area contributed by atoms with Gasteiger partial charge in [-0.25, -0.2) is 0 Å². The lowest BCUT2D eigenvalue weighted by atomic mass is 10.3. The number of hydrogen-bond acceptors (Lipinski definition) is 4. The summed E-state index contributed by atoms with van der Waals surface area (Å²) >= 11 is 0. The van der Waals surface area contributed by atoms with Crippen LogP contribution in [0.15, 0.2) is 54.6 Å². The largest absolute Gasteiger partial charge is 0.457 e. The Morgan fingerprint density at radius 3 is 2.10 bits per heavy atom. The van der Waals surface area contributed by atoms with Gasteiger partial charge in [0.25, 0.3) is 11.8 Å². The van der Waals surface area contributed by atoms with E-state index in [1.54, 1.807) is 24.3 Å². The molecule has 1 aliphatic rings. The summed E-state index contributed by atoms with van der Waals surface area (Å²) in [6, 6.07) is 16.1. The van der Waals surface area contributed by atoms with Crippen LogP contribution in [0.3, 0.4) is 0 Å². The van der Waals surface area contributed by atoms with Gasteiger partial charge in [0.1, 0.15) is 11.5 Å². The third-order valence-corrected chi connectivity index (χ3v) is 2.99. The molecule has 106 valence electrons. The second kappa shape index (κ2) is 5.66. The number of carbonyl (C=O) groups excluding carboxylic acids is 2. The van der Waals surface area contributed by atoms with Crippen LogP contribution < -0.4 is 9.57 Å². The van der Waals surface area contributed by atoms with E-state index < -0.39 is 0 Å². The Hall–Kier alpha value is -2.82. The van der Waals surface area contributed by atoms with E-state index in [-0.39, 0.29) is 24.7 Å². The number of hydrogen-bond donors (Lipinski definition) is 0. The van der Waals surface area contributed by atoms with Crippen molar-refractivity contribution in [3.8, 4) is 17.2 Å². The molecule has 1 heterocycles. The SMILES string of the molecule is O=C1CCC(=O)N1Oc1cccc(Oc2ccccc2)c1. The van der Waals surface area contributed by atoms with Crippen LogP contribution in [0.25, 0.3) is 0 Å². The molecular formula is C16H13NO4. The van der Waals surface area contributed by atoms with Crippen molar-refractivity contribution in [3.63, 3.8) is 0 Å². The normalized spacial score (nSPS) is 14.4. The first-order valence-electron chi connectivity index (χ1n) is 6.59. The van der Waals surface area contributed by atoms with Gasteiger partial charge in [-0.3, -0.25) is 9.59 Å². The van der Waals surface area contributed by atoms with Gasteiger partial charge in [-0.2, -0.15) is 0 Å². The van der Waals surface area contributed by atoms with Crippen molar-refractivity contribution >= 4 is 11.8 Å². The third-order valence-electron chi connectivity index (χ3n) is 2.99. The Bertz CT molecular complexity index is 653. The lowest BCUT2D eigenvalue weighted by Crippen LogP contribution is -2.32. The minimum atomic E-state index is -0.325. The molecule has 0 radical (unpaired) electrons. The Kier molecular flexibility index (Phi) is 3.55. The summed E-state index contributed by atoms with van der Waals surface area (Å²) < 4.78 is 5.67. The van der Waals surface area contributed by atoms with E-state index in [4.69, 9.17) is 9.57 Å². The van der Waals surface area contributed by atoms with Gasteiger partial charge in [0.05, 0.1) is 0 Å². The lowest BCUT2D eigenvalue weighted by molar-refractivity contribution is -0.164. The molecule has 5 heteroatoms. The van der Waals surface area contributed by atoms with Crippen LogP contribution in [0.4, 0.5) is 0 Å². The Balaban J connectivity index is 1.74. The predicted octanol–water partition coefficient (Wildman–Crippen LogP) is 2.92. The van der Waals surface area contributed by atoms with Gasteiger partial charge in [-0.05, 0) is 24.3 Å². The van der Waals surface area contributed by atoms with Crippen molar-refractivity contribution < 1.29 is 19.2 Å². The van der Waals surface area contributed by atoms with E-state index in [0.717, 1.165) is 5.06 Å².